The number of rotatable bonds is 5. The molecule has 2 heterocycles. The molecule has 25 heavy (non-hydrogen) atoms. The van der Waals surface area contributed by atoms with E-state index < -0.39 is 17.9 Å². The largest absolute Gasteiger partial charge is 0.480 e. The summed E-state index contributed by atoms with van der Waals surface area (Å²) in [6, 6.07) is 11.8. The average molecular weight is 402 g/mol. The highest BCUT2D eigenvalue weighted by Crippen LogP contribution is 2.17. The fourth-order valence-electron chi connectivity index (χ4n) is 2.69. The molecule has 0 aliphatic rings. The van der Waals surface area contributed by atoms with Crippen molar-refractivity contribution in [2.75, 3.05) is 0 Å². The number of fused-ring (bicyclic) bond motifs is 1. The number of pyridine rings is 1. The normalized spacial score (nSPS) is 12.1. The summed E-state index contributed by atoms with van der Waals surface area (Å²) in [7, 11) is 0. The number of carboxylic acids is 1. The van der Waals surface area contributed by atoms with Crippen molar-refractivity contribution in [2.45, 2.75) is 19.4 Å². The van der Waals surface area contributed by atoms with Crippen molar-refractivity contribution in [3.8, 4) is 0 Å². The standard InChI is InChI=1S/C18H16BrN3O3/c1-11-16(22-10-13(19)7-8-15(22)20-11)17(23)21-14(18(24)25)9-12-5-3-2-4-6-12/h2-8,10,14H,9H2,1H3,(H,21,23)(H,24,25). The molecule has 3 aromatic rings. The third-order valence-electron chi connectivity index (χ3n) is 3.86. The van der Waals surface area contributed by atoms with E-state index in [0.717, 1.165) is 10.0 Å². The molecule has 0 bridgehead atoms. The van der Waals surface area contributed by atoms with E-state index in [4.69, 9.17) is 0 Å². The average Bonchev–Trinajstić information content (AvgIpc) is 2.90. The molecule has 1 unspecified atom stereocenters. The highest BCUT2D eigenvalue weighted by atomic mass is 79.9. The lowest BCUT2D eigenvalue weighted by Gasteiger charge is -2.15. The fourth-order valence-corrected chi connectivity index (χ4v) is 3.02. The Kier molecular flexibility index (Phi) is 4.85. The van der Waals surface area contributed by atoms with Crippen LogP contribution < -0.4 is 5.32 Å². The Balaban J connectivity index is 1.88. The number of aryl methyl sites for hydroxylation is 1. The summed E-state index contributed by atoms with van der Waals surface area (Å²) < 4.78 is 2.45. The summed E-state index contributed by atoms with van der Waals surface area (Å²) in [4.78, 5) is 28.6. The minimum Gasteiger partial charge on any atom is -0.480 e. The predicted molar refractivity (Wildman–Crippen MR) is 96.7 cm³/mol. The molecular formula is C18H16BrN3O3. The number of carboxylic acid groups (broad SMARTS) is 1. The molecule has 0 aliphatic carbocycles. The van der Waals surface area contributed by atoms with Crippen molar-refractivity contribution < 1.29 is 14.7 Å². The van der Waals surface area contributed by atoms with Crippen LogP contribution in [0.2, 0.25) is 0 Å². The maximum Gasteiger partial charge on any atom is 0.326 e. The van der Waals surface area contributed by atoms with Crippen molar-refractivity contribution in [1.82, 2.24) is 14.7 Å². The van der Waals surface area contributed by atoms with Crippen LogP contribution in [0.25, 0.3) is 5.65 Å². The number of benzene rings is 1. The van der Waals surface area contributed by atoms with Gasteiger partial charge in [0.2, 0.25) is 0 Å². The Bertz CT molecular complexity index is 937. The molecule has 3 rings (SSSR count). The number of imidazole rings is 1. The molecule has 1 atom stereocenters. The number of carbonyl (C=O) groups is 2. The third-order valence-corrected chi connectivity index (χ3v) is 4.33. The molecule has 7 heteroatoms. The number of nitrogens with zero attached hydrogens (tertiary/aromatic N) is 2. The summed E-state index contributed by atoms with van der Waals surface area (Å²) >= 11 is 3.37. The highest BCUT2D eigenvalue weighted by Gasteiger charge is 2.24. The molecule has 0 saturated carbocycles. The van der Waals surface area contributed by atoms with Crippen LogP contribution >= 0.6 is 15.9 Å². The predicted octanol–water partition coefficient (Wildman–Crippen LogP) is 2.83. The molecule has 2 N–H and O–H groups in total. The molecule has 0 fully saturated rings. The van der Waals surface area contributed by atoms with Crippen LogP contribution in [-0.4, -0.2) is 32.4 Å². The molecule has 128 valence electrons. The Morgan fingerprint density at radius 1 is 1.24 bits per heavy atom. The zero-order chi connectivity index (χ0) is 18.0. The van der Waals surface area contributed by atoms with Crippen LogP contribution in [0, 0.1) is 6.92 Å². The van der Waals surface area contributed by atoms with Gasteiger partial charge in [-0.3, -0.25) is 9.20 Å². The number of halogens is 1. The Labute approximate surface area is 152 Å². The van der Waals surface area contributed by atoms with Gasteiger partial charge >= 0.3 is 5.97 Å². The molecule has 0 aliphatic heterocycles. The van der Waals surface area contributed by atoms with Gasteiger partial charge in [0.15, 0.2) is 0 Å². The molecule has 2 aromatic heterocycles. The van der Waals surface area contributed by atoms with Crippen molar-refractivity contribution in [1.29, 1.82) is 0 Å². The molecule has 1 aromatic carbocycles. The van der Waals surface area contributed by atoms with Crippen molar-refractivity contribution in [3.05, 3.63) is 70.1 Å². The van der Waals surface area contributed by atoms with Crippen molar-refractivity contribution in [2.24, 2.45) is 0 Å². The van der Waals surface area contributed by atoms with Gasteiger partial charge in [0, 0.05) is 17.1 Å². The zero-order valence-corrected chi connectivity index (χ0v) is 15.0. The Morgan fingerprint density at radius 3 is 2.64 bits per heavy atom. The van der Waals surface area contributed by atoms with Gasteiger partial charge in [0.25, 0.3) is 5.91 Å². The first-order valence-electron chi connectivity index (χ1n) is 7.67. The zero-order valence-electron chi connectivity index (χ0n) is 13.4. The van der Waals surface area contributed by atoms with Gasteiger partial charge in [0.05, 0.1) is 5.69 Å². The van der Waals surface area contributed by atoms with Gasteiger partial charge in [-0.1, -0.05) is 30.3 Å². The van der Waals surface area contributed by atoms with Crippen LogP contribution in [0.15, 0.2) is 53.1 Å². The second kappa shape index (κ2) is 7.06. The maximum absolute atomic E-state index is 12.7. The summed E-state index contributed by atoms with van der Waals surface area (Å²) in [5, 5.41) is 12.1. The number of hydrogen-bond acceptors (Lipinski definition) is 3. The topological polar surface area (TPSA) is 83.7 Å². The van der Waals surface area contributed by atoms with E-state index in [0.29, 0.717) is 17.0 Å². The first kappa shape index (κ1) is 17.2. The third kappa shape index (κ3) is 3.71. The van der Waals surface area contributed by atoms with Crippen LogP contribution in [0.5, 0.6) is 0 Å². The monoisotopic (exact) mass is 401 g/mol. The van der Waals surface area contributed by atoms with Crippen LogP contribution in [0.4, 0.5) is 0 Å². The molecular weight excluding hydrogens is 386 g/mol. The minimum absolute atomic E-state index is 0.210. The van der Waals surface area contributed by atoms with Crippen LogP contribution in [-0.2, 0) is 11.2 Å². The lowest BCUT2D eigenvalue weighted by atomic mass is 10.1. The maximum atomic E-state index is 12.7. The van der Waals surface area contributed by atoms with Crippen LogP contribution in [0.1, 0.15) is 21.7 Å². The second-order valence-corrected chi connectivity index (χ2v) is 6.59. The smallest absolute Gasteiger partial charge is 0.326 e. The van der Waals surface area contributed by atoms with Gasteiger partial charge in [-0.2, -0.15) is 0 Å². The lowest BCUT2D eigenvalue weighted by Crippen LogP contribution is -2.42. The van der Waals surface area contributed by atoms with Gasteiger partial charge in [0.1, 0.15) is 17.4 Å². The lowest BCUT2D eigenvalue weighted by molar-refractivity contribution is -0.139. The number of hydrogen-bond donors (Lipinski definition) is 2. The van der Waals surface area contributed by atoms with Crippen LogP contribution in [0.3, 0.4) is 0 Å². The number of aromatic nitrogens is 2. The van der Waals surface area contributed by atoms with Gasteiger partial charge in [-0.15, -0.1) is 0 Å². The summed E-state index contributed by atoms with van der Waals surface area (Å²) in [6.45, 7) is 1.72. The molecule has 6 nitrogen and oxygen atoms in total. The fraction of sp³-hybridized carbons (Fsp3) is 0.167. The molecule has 0 radical (unpaired) electrons. The summed E-state index contributed by atoms with van der Waals surface area (Å²) in [5.74, 6) is -1.55. The molecule has 0 saturated heterocycles. The Hall–Kier alpha value is -2.67. The van der Waals surface area contributed by atoms with E-state index >= 15 is 0 Å². The number of aliphatic carboxylic acids is 1. The van der Waals surface area contributed by atoms with Gasteiger partial charge in [-0.05, 0) is 40.5 Å². The number of carbonyl (C=O) groups excluding carboxylic acids is 1. The SMILES string of the molecule is Cc1nc2ccc(Br)cn2c1C(=O)NC(Cc1ccccc1)C(=O)O. The van der Waals surface area contributed by atoms with Crippen molar-refractivity contribution >= 4 is 33.5 Å². The first-order chi connectivity index (χ1) is 12.0. The van der Waals surface area contributed by atoms with E-state index in [1.165, 1.54) is 0 Å². The van der Waals surface area contributed by atoms with E-state index in [2.05, 4.69) is 26.2 Å². The molecule has 0 spiro atoms. The molecule has 1 amide bonds. The quantitative estimate of drug-likeness (QED) is 0.688. The van der Waals surface area contributed by atoms with E-state index in [1.807, 2.05) is 36.4 Å². The number of nitrogens with one attached hydrogen (secondary N) is 1. The van der Waals surface area contributed by atoms with E-state index in [9.17, 15) is 14.7 Å². The van der Waals surface area contributed by atoms with Crippen molar-refractivity contribution in [3.63, 3.8) is 0 Å². The first-order valence-corrected chi connectivity index (χ1v) is 8.47. The van der Waals surface area contributed by atoms with E-state index in [-0.39, 0.29) is 6.42 Å². The summed E-state index contributed by atoms with van der Waals surface area (Å²) in [5.41, 5.74) is 2.34. The second-order valence-electron chi connectivity index (χ2n) is 5.68. The Morgan fingerprint density at radius 2 is 1.96 bits per heavy atom. The highest BCUT2D eigenvalue weighted by molar-refractivity contribution is 9.10. The minimum atomic E-state index is -1.08. The van der Waals surface area contributed by atoms with E-state index in [1.54, 1.807) is 23.6 Å². The summed E-state index contributed by atoms with van der Waals surface area (Å²) in [6.07, 6.45) is 1.94. The van der Waals surface area contributed by atoms with Gasteiger partial charge in [-0.25, -0.2) is 9.78 Å². The number of amides is 1. The van der Waals surface area contributed by atoms with Gasteiger partial charge < -0.3 is 10.4 Å².